The van der Waals surface area contributed by atoms with E-state index in [9.17, 15) is 5.26 Å². The quantitative estimate of drug-likeness (QED) is 0.893. The van der Waals surface area contributed by atoms with Crippen LogP contribution in [-0.4, -0.2) is 37.6 Å². The lowest BCUT2D eigenvalue weighted by atomic mass is 10.1. The Morgan fingerprint density at radius 1 is 1.42 bits per heavy atom. The van der Waals surface area contributed by atoms with Gasteiger partial charge in [0.15, 0.2) is 0 Å². The summed E-state index contributed by atoms with van der Waals surface area (Å²) in [6.45, 7) is 5.71. The fraction of sp³-hybridized carbons (Fsp3) is 0.533. The molecule has 4 nitrogen and oxygen atoms in total. The third-order valence-electron chi connectivity index (χ3n) is 4.01. The number of nitrogens with two attached hydrogens (primary N) is 1. The maximum absolute atomic E-state index is 9.32. The average molecular weight is 258 g/mol. The molecule has 0 saturated carbocycles. The van der Waals surface area contributed by atoms with Crippen LogP contribution in [0.2, 0.25) is 0 Å². The highest BCUT2D eigenvalue weighted by Crippen LogP contribution is 2.24. The third-order valence-corrected chi connectivity index (χ3v) is 4.01. The van der Waals surface area contributed by atoms with E-state index in [1.165, 1.54) is 0 Å². The van der Waals surface area contributed by atoms with E-state index in [-0.39, 0.29) is 0 Å². The van der Waals surface area contributed by atoms with Gasteiger partial charge in [0.05, 0.1) is 11.3 Å². The summed E-state index contributed by atoms with van der Waals surface area (Å²) in [7, 11) is 2.17. The molecule has 19 heavy (non-hydrogen) atoms. The monoisotopic (exact) mass is 258 g/mol. The van der Waals surface area contributed by atoms with E-state index >= 15 is 0 Å². The van der Waals surface area contributed by atoms with Crippen molar-refractivity contribution in [3.8, 4) is 6.07 Å². The van der Waals surface area contributed by atoms with Gasteiger partial charge in [-0.2, -0.15) is 5.26 Å². The highest BCUT2D eigenvalue weighted by molar-refractivity contribution is 5.61. The Balaban J connectivity index is 2.25. The number of benzene rings is 1. The molecule has 0 aliphatic carbocycles. The van der Waals surface area contributed by atoms with E-state index in [1.807, 2.05) is 18.2 Å². The van der Waals surface area contributed by atoms with Gasteiger partial charge in [-0.25, -0.2) is 0 Å². The van der Waals surface area contributed by atoms with Gasteiger partial charge < -0.3 is 10.6 Å². The minimum atomic E-state index is 0.481. The number of nitrogens with zero attached hydrogens (tertiary/aromatic N) is 3. The van der Waals surface area contributed by atoms with E-state index < -0.39 is 0 Å². The summed E-state index contributed by atoms with van der Waals surface area (Å²) in [5, 5.41) is 9.32. The summed E-state index contributed by atoms with van der Waals surface area (Å²) in [6, 6.07) is 8.84. The van der Waals surface area contributed by atoms with E-state index in [0.717, 1.165) is 42.9 Å². The molecule has 102 valence electrons. The van der Waals surface area contributed by atoms with Crippen LogP contribution in [0.15, 0.2) is 18.2 Å². The van der Waals surface area contributed by atoms with Gasteiger partial charge in [-0.3, -0.25) is 4.90 Å². The summed E-state index contributed by atoms with van der Waals surface area (Å²) >= 11 is 0. The summed E-state index contributed by atoms with van der Waals surface area (Å²) in [4.78, 5) is 4.73. The van der Waals surface area contributed by atoms with Crippen LogP contribution < -0.4 is 10.6 Å². The summed E-state index contributed by atoms with van der Waals surface area (Å²) in [5.41, 5.74) is 8.44. The van der Waals surface area contributed by atoms with Gasteiger partial charge in [0, 0.05) is 32.2 Å². The molecule has 1 heterocycles. The largest absolute Gasteiger partial charge is 0.368 e. The molecule has 1 aliphatic rings. The molecule has 1 unspecified atom stereocenters. The minimum Gasteiger partial charge on any atom is -0.368 e. The zero-order valence-electron chi connectivity index (χ0n) is 11.8. The first-order chi connectivity index (χ1) is 9.19. The molecule has 0 radical (unpaired) electrons. The highest BCUT2D eigenvalue weighted by Gasteiger charge is 2.24. The zero-order chi connectivity index (χ0) is 13.8. The summed E-state index contributed by atoms with van der Waals surface area (Å²) < 4.78 is 0. The molecule has 1 aromatic carbocycles. The standard InChI is InChI=1S/C15H22N4/c1-3-14-11-19(7-6-18(14)2)15-5-4-12(9-16)8-13(15)10-17/h4-5,8,14H,3,6-7,9,11,16H2,1-2H3. The Morgan fingerprint density at radius 3 is 2.84 bits per heavy atom. The Bertz CT molecular complexity index is 478. The molecule has 2 rings (SSSR count). The van der Waals surface area contributed by atoms with Crippen LogP contribution in [-0.2, 0) is 6.54 Å². The van der Waals surface area contributed by atoms with Crippen LogP contribution in [0.3, 0.4) is 0 Å². The lowest BCUT2D eigenvalue weighted by Gasteiger charge is -2.40. The lowest BCUT2D eigenvalue weighted by molar-refractivity contribution is 0.213. The second-order valence-electron chi connectivity index (χ2n) is 5.16. The number of anilines is 1. The molecule has 0 spiro atoms. The molecule has 1 saturated heterocycles. The first-order valence-electron chi connectivity index (χ1n) is 6.87. The SMILES string of the molecule is CCC1CN(c2ccc(CN)cc2C#N)CCN1C. The predicted molar refractivity (Wildman–Crippen MR) is 78.0 cm³/mol. The molecule has 1 fully saturated rings. The Labute approximate surface area is 115 Å². The van der Waals surface area contributed by atoms with Crippen molar-refractivity contribution in [2.45, 2.75) is 25.9 Å². The van der Waals surface area contributed by atoms with Crippen LogP contribution >= 0.6 is 0 Å². The Kier molecular flexibility index (Phi) is 4.41. The van der Waals surface area contributed by atoms with Crippen LogP contribution in [0.25, 0.3) is 0 Å². The number of hydrogen-bond acceptors (Lipinski definition) is 4. The highest BCUT2D eigenvalue weighted by atomic mass is 15.3. The van der Waals surface area contributed by atoms with E-state index in [2.05, 4.69) is 29.8 Å². The normalized spacial score (nSPS) is 20.3. The number of likely N-dealkylation sites (N-methyl/N-ethyl adjacent to an activating group) is 1. The van der Waals surface area contributed by atoms with Crippen molar-refractivity contribution in [3.63, 3.8) is 0 Å². The van der Waals surface area contributed by atoms with Crippen molar-refractivity contribution < 1.29 is 0 Å². The number of piperazine rings is 1. The molecule has 0 bridgehead atoms. The molecule has 0 amide bonds. The molecule has 1 aromatic rings. The first kappa shape index (κ1) is 13.9. The van der Waals surface area contributed by atoms with E-state index in [0.29, 0.717) is 12.6 Å². The van der Waals surface area contributed by atoms with Crippen molar-refractivity contribution in [1.82, 2.24) is 4.90 Å². The van der Waals surface area contributed by atoms with Crippen molar-refractivity contribution in [2.75, 3.05) is 31.6 Å². The second-order valence-corrected chi connectivity index (χ2v) is 5.16. The fourth-order valence-electron chi connectivity index (χ4n) is 2.68. The van der Waals surface area contributed by atoms with Crippen molar-refractivity contribution in [3.05, 3.63) is 29.3 Å². The predicted octanol–water partition coefficient (Wildman–Crippen LogP) is 1.55. The van der Waals surface area contributed by atoms with Gasteiger partial charge in [-0.05, 0) is 31.2 Å². The summed E-state index contributed by atoms with van der Waals surface area (Å²) in [6.07, 6.45) is 1.13. The maximum atomic E-state index is 9.32. The average Bonchev–Trinajstić information content (AvgIpc) is 2.47. The Morgan fingerprint density at radius 2 is 2.21 bits per heavy atom. The smallest absolute Gasteiger partial charge is 0.101 e. The third kappa shape index (κ3) is 2.89. The van der Waals surface area contributed by atoms with Gasteiger partial charge in [0.25, 0.3) is 0 Å². The van der Waals surface area contributed by atoms with Crippen LogP contribution in [0.5, 0.6) is 0 Å². The van der Waals surface area contributed by atoms with Crippen LogP contribution in [0.1, 0.15) is 24.5 Å². The van der Waals surface area contributed by atoms with Crippen molar-refractivity contribution in [2.24, 2.45) is 5.73 Å². The van der Waals surface area contributed by atoms with Gasteiger partial charge in [0.1, 0.15) is 6.07 Å². The topological polar surface area (TPSA) is 56.3 Å². The maximum Gasteiger partial charge on any atom is 0.101 e. The van der Waals surface area contributed by atoms with Crippen molar-refractivity contribution in [1.29, 1.82) is 5.26 Å². The minimum absolute atomic E-state index is 0.481. The molecule has 0 aromatic heterocycles. The molecule has 1 atom stereocenters. The van der Waals surface area contributed by atoms with E-state index in [4.69, 9.17) is 5.73 Å². The first-order valence-corrected chi connectivity index (χ1v) is 6.87. The molecular weight excluding hydrogens is 236 g/mol. The van der Waals surface area contributed by atoms with Gasteiger partial charge in [0.2, 0.25) is 0 Å². The van der Waals surface area contributed by atoms with Crippen LogP contribution in [0, 0.1) is 11.3 Å². The fourth-order valence-corrected chi connectivity index (χ4v) is 2.68. The lowest BCUT2D eigenvalue weighted by Crippen LogP contribution is -2.51. The molecule has 4 heteroatoms. The molecular formula is C15H22N4. The summed E-state index contributed by atoms with van der Waals surface area (Å²) in [5.74, 6) is 0. The zero-order valence-corrected chi connectivity index (χ0v) is 11.8. The number of hydrogen-bond donors (Lipinski definition) is 1. The number of rotatable bonds is 3. The van der Waals surface area contributed by atoms with Gasteiger partial charge in [-0.15, -0.1) is 0 Å². The second kappa shape index (κ2) is 6.05. The van der Waals surface area contributed by atoms with E-state index in [1.54, 1.807) is 0 Å². The Hall–Kier alpha value is -1.57. The van der Waals surface area contributed by atoms with Gasteiger partial charge >= 0.3 is 0 Å². The molecule has 2 N–H and O–H groups in total. The van der Waals surface area contributed by atoms with Crippen molar-refractivity contribution >= 4 is 5.69 Å². The number of nitriles is 1. The van der Waals surface area contributed by atoms with Crippen LogP contribution in [0.4, 0.5) is 5.69 Å². The molecule has 1 aliphatic heterocycles. The van der Waals surface area contributed by atoms with Gasteiger partial charge in [-0.1, -0.05) is 13.0 Å².